The maximum atomic E-state index is 2.48. The van der Waals surface area contributed by atoms with Gasteiger partial charge >= 0.3 is 0 Å². The summed E-state index contributed by atoms with van der Waals surface area (Å²) in [6, 6.07) is 98.2. The molecular formula is C65H44N2. The Kier molecular flexibility index (Phi) is 9.11. The summed E-state index contributed by atoms with van der Waals surface area (Å²) in [5, 5.41) is 4.91. The molecule has 0 saturated heterocycles. The van der Waals surface area contributed by atoms with Crippen molar-refractivity contribution in [3.05, 3.63) is 289 Å². The van der Waals surface area contributed by atoms with E-state index in [0.717, 1.165) is 28.3 Å². The van der Waals surface area contributed by atoms with Crippen molar-refractivity contribution < 1.29 is 0 Å². The van der Waals surface area contributed by atoms with E-state index >= 15 is 0 Å². The highest BCUT2D eigenvalue weighted by molar-refractivity contribution is 6.19. The van der Waals surface area contributed by atoms with Crippen LogP contribution in [0.25, 0.3) is 71.6 Å². The van der Waals surface area contributed by atoms with E-state index in [2.05, 4.69) is 276 Å². The zero-order valence-electron chi connectivity index (χ0n) is 36.8. The molecule has 1 unspecified atom stereocenters. The minimum Gasteiger partial charge on any atom is -0.310 e. The minimum absolute atomic E-state index is 0.584. The number of benzene rings is 11. The number of nitrogens with zero attached hydrogens (tertiary/aromatic N) is 2. The Morgan fingerprint density at radius 3 is 1.66 bits per heavy atom. The van der Waals surface area contributed by atoms with Gasteiger partial charge in [0, 0.05) is 38.9 Å². The number of hydrogen-bond donors (Lipinski definition) is 0. The third kappa shape index (κ3) is 6.18. The maximum Gasteiger partial charge on any atom is 0.0714 e. The van der Waals surface area contributed by atoms with Crippen LogP contribution in [0.2, 0.25) is 0 Å². The summed E-state index contributed by atoms with van der Waals surface area (Å²) in [5.41, 5.74) is 18.6. The normalized spacial score (nSPS) is 14.0. The molecule has 12 aromatic rings. The van der Waals surface area contributed by atoms with Crippen molar-refractivity contribution in [2.45, 2.75) is 5.41 Å². The Bertz CT molecular complexity index is 3780. The van der Waals surface area contributed by atoms with Gasteiger partial charge in [-0.3, -0.25) is 0 Å². The summed E-state index contributed by atoms with van der Waals surface area (Å²) in [7, 11) is 0. The van der Waals surface area contributed by atoms with E-state index < -0.39 is 5.41 Å². The lowest BCUT2D eigenvalue weighted by molar-refractivity contribution is 0.769. The van der Waals surface area contributed by atoms with Crippen LogP contribution in [-0.2, 0) is 5.41 Å². The van der Waals surface area contributed by atoms with E-state index in [1.54, 1.807) is 0 Å². The second-order valence-corrected chi connectivity index (χ2v) is 17.6. The molecule has 13 rings (SSSR count). The molecular weight excluding hydrogens is 809 g/mol. The van der Waals surface area contributed by atoms with Crippen LogP contribution in [0.3, 0.4) is 0 Å². The van der Waals surface area contributed by atoms with E-state index in [1.165, 1.54) is 82.7 Å². The van der Waals surface area contributed by atoms with Gasteiger partial charge in [0.1, 0.15) is 0 Å². The van der Waals surface area contributed by atoms with Crippen LogP contribution in [0.1, 0.15) is 22.3 Å². The topological polar surface area (TPSA) is 8.17 Å². The number of anilines is 3. The van der Waals surface area contributed by atoms with E-state index in [-0.39, 0.29) is 0 Å². The summed E-state index contributed by atoms with van der Waals surface area (Å²) in [4.78, 5) is 2.44. The monoisotopic (exact) mass is 852 g/mol. The maximum absolute atomic E-state index is 2.48. The second-order valence-electron chi connectivity index (χ2n) is 17.6. The van der Waals surface area contributed by atoms with E-state index in [4.69, 9.17) is 0 Å². The van der Waals surface area contributed by atoms with Crippen LogP contribution in [0.15, 0.2) is 267 Å². The molecule has 1 atom stereocenters. The number of fused-ring (bicyclic) bond motifs is 8. The predicted octanol–water partition coefficient (Wildman–Crippen LogP) is 17.1. The fourth-order valence-electron chi connectivity index (χ4n) is 11.1. The van der Waals surface area contributed by atoms with Gasteiger partial charge in [0.05, 0.1) is 16.4 Å². The molecule has 0 N–H and O–H groups in total. The summed E-state index contributed by atoms with van der Waals surface area (Å²) in [6.07, 6.45) is 0. The summed E-state index contributed by atoms with van der Waals surface area (Å²) in [5.74, 6) is 0. The smallest absolute Gasteiger partial charge is 0.0714 e. The van der Waals surface area contributed by atoms with Crippen molar-refractivity contribution in [3.63, 3.8) is 0 Å². The molecule has 0 fully saturated rings. The number of para-hydroxylation sites is 1. The van der Waals surface area contributed by atoms with Crippen LogP contribution in [0.5, 0.6) is 0 Å². The highest BCUT2D eigenvalue weighted by Gasteiger charge is 2.46. The molecule has 0 spiro atoms. The fraction of sp³-hybridized carbons (Fsp3) is 0.0154. The number of rotatable bonds is 8. The molecule has 0 amide bonds. The van der Waals surface area contributed by atoms with Gasteiger partial charge in [-0.05, 0) is 116 Å². The number of hydrogen-bond acceptors (Lipinski definition) is 1. The van der Waals surface area contributed by atoms with Crippen LogP contribution >= 0.6 is 0 Å². The first-order chi connectivity index (χ1) is 33.2. The van der Waals surface area contributed by atoms with Crippen molar-refractivity contribution in [2.24, 2.45) is 0 Å². The van der Waals surface area contributed by atoms with Crippen LogP contribution in [0.4, 0.5) is 17.1 Å². The van der Waals surface area contributed by atoms with Crippen molar-refractivity contribution in [3.8, 4) is 39.1 Å². The third-order valence-corrected chi connectivity index (χ3v) is 14.0. The second kappa shape index (κ2) is 15.8. The zero-order chi connectivity index (χ0) is 44.3. The minimum atomic E-state index is -0.584. The lowest BCUT2D eigenvalue weighted by Gasteiger charge is -2.35. The van der Waals surface area contributed by atoms with Crippen molar-refractivity contribution in [1.29, 1.82) is 0 Å². The van der Waals surface area contributed by atoms with Crippen LogP contribution < -0.4 is 4.90 Å². The van der Waals surface area contributed by atoms with E-state index in [0.29, 0.717) is 0 Å². The largest absolute Gasteiger partial charge is 0.310 e. The van der Waals surface area contributed by atoms with Gasteiger partial charge in [0.15, 0.2) is 0 Å². The molecule has 0 radical (unpaired) electrons. The fourth-order valence-corrected chi connectivity index (χ4v) is 11.1. The highest BCUT2D eigenvalue weighted by atomic mass is 15.1. The van der Waals surface area contributed by atoms with Gasteiger partial charge in [-0.15, -0.1) is 0 Å². The lowest BCUT2D eigenvalue weighted by Crippen LogP contribution is -2.29. The average Bonchev–Trinajstić information content (AvgIpc) is 3.90. The Morgan fingerprint density at radius 2 is 0.881 bits per heavy atom. The molecule has 1 aromatic heterocycles. The van der Waals surface area contributed by atoms with E-state index in [9.17, 15) is 0 Å². The van der Waals surface area contributed by atoms with Crippen molar-refractivity contribution in [2.75, 3.05) is 4.90 Å². The summed E-state index contributed by atoms with van der Waals surface area (Å²) >= 11 is 0. The lowest BCUT2D eigenvalue weighted by atomic mass is 9.67. The third-order valence-electron chi connectivity index (χ3n) is 14.0. The summed E-state index contributed by atoms with van der Waals surface area (Å²) < 4.78 is 2.48. The molecule has 67 heavy (non-hydrogen) atoms. The van der Waals surface area contributed by atoms with Crippen molar-refractivity contribution in [1.82, 2.24) is 4.57 Å². The standard InChI is InChI=1S/C65H44N2/c1-5-18-45(19-6-1)47-32-35-53(36-33-47)67-63-44-55(38-41-59(63)60-39-34-48-22-13-14-29-56(48)64(60)67)66(52-27-11-4-12-28-52)54-37-40-58-57-30-15-16-31-61(57)65(62(58)43-54,50-24-9-3-10-25-50)51-26-17-23-49(42-51)46-20-7-2-8-21-46/h1-44H. The molecule has 0 saturated carbocycles. The van der Waals surface area contributed by atoms with Gasteiger partial charge in [0.2, 0.25) is 0 Å². The SMILES string of the molecule is c1ccc(-c2ccc(-n3c4cc(N(c5ccccc5)c5ccc6c(c5)C(c5ccccc5)(c5cccc(-c7ccccc7)c5)c5ccccc5-6)ccc4c4ccc5ccccc5c43)cc2)cc1. The molecule has 1 aliphatic rings. The highest BCUT2D eigenvalue weighted by Crippen LogP contribution is 2.57. The Balaban J connectivity index is 1.05. The van der Waals surface area contributed by atoms with Gasteiger partial charge in [0.25, 0.3) is 0 Å². The molecule has 2 heteroatoms. The first-order valence-corrected chi connectivity index (χ1v) is 23.2. The first-order valence-electron chi connectivity index (χ1n) is 23.2. The molecule has 0 bridgehead atoms. The molecule has 11 aromatic carbocycles. The van der Waals surface area contributed by atoms with Gasteiger partial charge in [-0.2, -0.15) is 0 Å². The summed E-state index contributed by atoms with van der Waals surface area (Å²) in [6.45, 7) is 0. The Hall–Kier alpha value is -8.72. The van der Waals surface area contributed by atoms with Gasteiger partial charge in [-0.25, -0.2) is 0 Å². The van der Waals surface area contributed by atoms with Crippen LogP contribution in [-0.4, -0.2) is 4.57 Å². The quantitative estimate of drug-likeness (QED) is 0.148. The Labute approximate surface area is 390 Å². The van der Waals surface area contributed by atoms with E-state index in [1.807, 2.05) is 0 Å². The zero-order valence-corrected chi connectivity index (χ0v) is 36.8. The first kappa shape index (κ1) is 38.7. The molecule has 1 aliphatic carbocycles. The molecule has 1 heterocycles. The number of aromatic nitrogens is 1. The average molecular weight is 853 g/mol. The predicted molar refractivity (Wildman–Crippen MR) is 281 cm³/mol. The molecule has 0 aliphatic heterocycles. The molecule has 2 nitrogen and oxygen atoms in total. The van der Waals surface area contributed by atoms with Crippen LogP contribution in [0, 0.1) is 0 Å². The Morgan fingerprint density at radius 1 is 0.313 bits per heavy atom. The van der Waals surface area contributed by atoms with Crippen molar-refractivity contribution >= 4 is 49.6 Å². The molecule has 314 valence electrons. The van der Waals surface area contributed by atoms with Gasteiger partial charge < -0.3 is 9.47 Å². The van der Waals surface area contributed by atoms with Gasteiger partial charge in [-0.1, -0.05) is 212 Å².